The van der Waals surface area contributed by atoms with Crippen LogP contribution in [0.4, 0.5) is 15.9 Å². The summed E-state index contributed by atoms with van der Waals surface area (Å²) >= 11 is 1.22. The summed E-state index contributed by atoms with van der Waals surface area (Å²) < 4.78 is 14.5. The molecule has 0 fully saturated rings. The standard InChI is InChI=1S/C23H25FN4O3S/c1-2-3-13-27-21(25)20(22(30)26-23(27)31)28(14-16-7-5-4-6-8-16)19(29)15-32-18-11-9-17(24)10-12-18/h4-12H,2-3,13-15,25H2,1H3,(H,26,30,31). The van der Waals surface area contributed by atoms with Gasteiger partial charge in [-0.1, -0.05) is 43.7 Å². The Morgan fingerprint density at radius 1 is 1.12 bits per heavy atom. The van der Waals surface area contributed by atoms with Crippen LogP contribution in [0, 0.1) is 5.82 Å². The molecule has 32 heavy (non-hydrogen) atoms. The molecule has 0 atom stereocenters. The van der Waals surface area contributed by atoms with Gasteiger partial charge >= 0.3 is 5.69 Å². The Morgan fingerprint density at radius 3 is 2.47 bits per heavy atom. The highest BCUT2D eigenvalue weighted by atomic mass is 32.2. The number of unbranched alkanes of at least 4 members (excludes halogenated alkanes) is 1. The molecule has 1 heterocycles. The predicted molar refractivity (Wildman–Crippen MR) is 125 cm³/mol. The summed E-state index contributed by atoms with van der Waals surface area (Å²) in [4.78, 5) is 42.6. The first-order chi connectivity index (χ1) is 15.4. The van der Waals surface area contributed by atoms with Crippen molar-refractivity contribution in [1.29, 1.82) is 0 Å². The molecular weight excluding hydrogens is 431 g/mol. The van der Waals surface area contributed by atoms with Crippen LogP contribution in [-0.2, 0) is 17.9 Å². The number of amides is 1. The number of carbonyl (C=O) groups excluding carboxylic acids is 1. The third-order valence-electron chi connectivity index (χ3n) is 4.88. The Balaban J connectivity index is 1.97. The molecule has 0 saturated heterocycles. The minimum Gasteiger partial charge on any atom is -0.383 e. The van der Waals surface area contributed by atoms with E-state index in [9.17, 15) is 18.8 Å². The van der Waals surface area contributed by atoms with E-state index in [0.717, 1.165) is 12.0 Å². The van der Waals surface area contributed by atoms with Crippen LogP contribution in [0.1, 0.15) is 25.3 Å². The number of nitrogens with one attached hydrogen (secondary N) is 1. The maximum atomic E-state index is 13.2. The maximum Gasteiger partial charge on any atom is 0.330 e. The lowest BCUT2D eigenvalue weighted by Gasteiger charge is -2.24. The topological polar surface area (TPSA) is 101 Å². The number of aromatic amines is 1. The normalized spacial score (nSPS) is 10.8. The number of H-pyrrole nitrogens is 1. The zero-order valence-electron chi connectivity index (χ0n) is 17.7. The Labute approximate surface area is 189 Å². The number of benzene rings is 2. The number of nitrogen functional groups attached to an aromatic ring is 1. The first-order valence-electron chi connectivity index (χ1n) is 10.3. The molecule has 0 radical (unpaired) electrons. The quantitative estimate of drug-likeness (QED) is 0.481. The molecule has 3 rings (SSSR count). The number of carbonyl (C=O) groups is 1. The Hall–Kier alpha value is -3.33. The van der Waals surface area contributed by atoms with Crippen molar-refractivity contribution < 1.29 is 9.18 Å². The highest BCUT2D eigenvalue weighted by Crippen LogP contribution is 2.24. The minimum absolute atomic E-state index is 0.00539. The van der Waals surface area contributed by atoms with Crippen LogP contribution in [0.15, 0.2) is 69.1 Å². The molecule has 2 aromatic carbocycles. The van der Waals surface area contributed by atoms with Crippen LogP contribution in [-0.4, -0.2) is 21.2 Å². The van der Waals surface area contributed by atoms with E-state index in [-0.39, 0.29) is 35.5 Å². The van der Waals surface area contributed by atoms with E-state index in [1.807, 2.05) is 37.3 Å². The molecule has 3 aromatic rings. The van der Waals surface area contributed by atoms with Gasteiger partial charge in [0.25, 0.3) is 5.56 Å². The number of rotatable bonds is 9. The molecule has 0 saturated carbocycles. The van der Waals surface area contributed by atoms with Crippen LogP contribution in [0.25, 0.3) is 0 Å². The van der Waals surface area contributed by atoms with Gasteiger partial charge < -0.3 is 5.73 Å². The molecule has 0 aliphatic carbocycles. The fraction of sp³-hybridized carbons (Fsp3) is 0.261. The van der Waals surface area contributed by atoms with E-state index in [1.54, 1.807) is 12.1 Å². The summed E-state index contributed by atoms with van der Waals surface area (Å²) in [6, 6.07) is 15.0. The Bertz CT molecular complexity index is 1180. The monoisotopic (exact) mass is 456 g/mol. The first kappa shape index (κ1) is 23.3. The molecule has 1 amide bonds. The molecular formula is C23H25FN4O3S. The van der Waals surface area contributed by atoms with Crippen LogP contribution in [0.2, 0.25) is 0 Å². The van der Waals surface area contributed by atoms with E-state index in [0.29, 0.717) is 17.9 Å². The second kappa shape index (κ2) is 10.8. The van der Waals surface area contributed by atoms with Gasteiger partial charge in [0.1, 0.15) is 11.6 Å². The summed E-state index contributed by atoms with van der Waals surface area (Å²) in [6.45, 7) is 2.43. The summed E-state index contributed by atoms with van der Waals surface area (Å²) in [7, 11) is 0. The fourth-order valence-corrected chi connectivity index (χ4v) is 3.96. The van der Waals surface area contributed by atoms with Gasteiger partial charge in [-0.15, -0.1) is 11.8 Å². The largest absolute Gasteiger partial charge is 0.383 e. The molecule has 0 aliphatic rings. The van der Waals surface area contributed by atoms with Crippen LogP contribution >= 0.6 is 11.8 Å². The number of nitrogens with two attached hydrogens (primary N) is 1. The van der Waals surface area contributed by atoms with Crippen molar-refractivity contribution >= 4 is 29.2 Å². The average molecular weight is 457 g/mol. The number of anilines is 2. The summed E-state index contributed by atoms with van der Waals surface area (Å²) in [5.74, 6) is -0.754. The number of halogens is 1. The van der Waals surface area contributed by atoms with Crippen molar-refractivity contribution in [2.75, 3.05) is 16.4 Å². The van der Waals surface area contributed by atoms with Crippen LogP contribution < -0.4 is 21.9 Å². The van der Waals surface area contributed by atoms with Crippen molar-refractivity contribution in [3.05, 3.63) is 86.8 Å². The molecule has 168 valence electrons. The molecule has 0 aliphatic heterocycles. The smallest absolute Gasteiger partial charge is 0.330 e. The van der Waals surface area contributed by atoms with Crippen molar-refractivity contribution in [3.63, 3.8) is 0 Å². The van der Waals surface area contributed by atoms with Gasteiger partial charge in [-0.3, -0.25) is 24.0 Å². The third-order valence-corrected chi connectivity index (χ3v) is 5.88. The lowest BCUT2D eigenvalue weighted by Crippen LogP contribution is -2.41. The molecule has 0 unspecified atom stereocenters. The van der Waals surface area contributed by atoms with Gasteiger partial charge in [0.05, 0.1) is 12.3 Å². The minimum atomic E-state index is -0.712. The molecule has 3 N–H and O–H groups in total. The predicted octanol–water partition coefficient (Wildman–Crippen LogP) is 3.38. The number of aromatic nitrogens is 2. The van der Waals surface area contributed by atoms with Gasteiger partial charge in [0.15, 0.2) is 5.69 Å². The summed E-state index contributed by atoms with van der Waals surface area (Å²) in [5, 5.41) is 0. The maximum absolute atomic E-state index is 13.2. The van der Waals surface area contributed by atoms with Crippen molar-refractivity contribution in [2.24, 2.45) is 0 Å². The second-order valence-corrected chi connectivity index (χ2v) is 8.26. The lowest BCUT2D eigenvalue weighted by molar-refractivity contribution is -0.116. The number of hydrogen-bond donors (Lipinski definition) is 2. The van der Waals surface area contributed by atoms with Gasteiger partial charge in [-0.25, -0.2) is 9.18 Å². The number of hydrogen-bond acceptors (Lipinski definition) is 5. The zero-order valence-corrected chi connectivity index (χ0v) is 18.5. The van der Waals surface area contributed by atoms with E-state index < -0.39 is 11.2 Å². The second-order valence-electron chi connectivity index (χ2n) is 7.21. The van der Waals surface area contributed by atoms with Gasteiger partial charge in [-0.2, -0.15) is 0 Å². The summed E-state index contributed by atoms with van der Waals surface area (Å²) in [6.07, 6.45) is 1.53. The van der Waals surface area contributed by atoms with Gasteiger partial charge in [0, 0.05) is 11.4 Å². The average Bonchev–Trinajstić information content (AvgIpc) is 2.78. The molecule has 9 heteroatoms. The molecule has 7 nitrogen and oxygen atoms in total. The number of nitrogens with zero attached hydrogens (tertiary/aromatic N) is 2. The Kier molecular flexibility index (Phi) is 7.88. The van der Waals surface area contributed by atoms with Gasteiger partial charge in [-0.05, 0) is 36.2 Å². The van der Waals surface area contributed by atoms with E-state index in [1.165, 1.54) is 33.4 Å². The van der Waals surface area contributed by atoms with E-state index in [2.05, 4.69) is 4.98 Å². The van der Waals surface area contributed by atoms with Gasteiger partial charge in [0.2, 0.25) is 5.91 Å². The molecule has 1 aromatic heterocycles. The fourth-order valence-electron chi connectivity index (χ4n) is 3.19. The molecule has 0 bridgehead atoms. The van der Waals surface area contributed by atoms with Crippen molar-refractivity contribution in [2.45, 2.75) is 37.8 Å². The van der Waals surface area contributed by atoms with Crippen molar-refractivity contribution in [1.82, 2.24) is 9.55 Å². The van der Waals surface area contributed by atoms with E-state index in [4.69, 9.17) is 5.73 Å². The lowest BCUT2D eigenvalue weighted by atomic mass is 10.2. The SMILES string of the molecule is CCCCn1c(N)c(N(Cc2ccccc2)C(=O)CSc2ccc(F)cc2)c(=O)[nH]c1=O. The Morgan fingerprint density at radius 2 is 1.81 bits per heavy atom. The van der Waals surface area contributed by atoms with Crippen LogP contribution in [0.5, 0.6) is 0 Å². The third kappa shape index (κ3) is 5.67. The highest BCUT2D eigenvalue weighted by molar-refractivity contribution is 8.00. The molecule has 0 spiro atoms. The number of thioether (sulfide) groups is 1. The summed E-state index contributed by atoms with van der Waals surface area (Å²) in [5.41, 5.74) is 5.69. The first-order valence-corrected chi connectivity index (χ1v) is 11.2. The van der Waals surface area contributed by atoms with Crippen LogP contribution in [0.3, 0.4) is 0 Å². The zero-order chi connectivity index (χ0) is 23.1. The van der Waals surface area contributed by atoms with E-state index >= 15 is 0 Å². The van der Waals surface area contributed by atoms with Crippen molar-refractivity contribution in [3.8, 4) is 0 Å². The highest BCUT2D eigenvalue weighted by Gasteiger charge is 2.24.